The van der Waals surface area contributed by atoms with Crippen molar-refractivity contribution in [3.8, 4) is 0 Å². The van der Waals surface area contributed by atoms with Crippen LogP contribution >= 0.6 is 0 Å². The molecule has 0 aliphatic carbocycles. The van der Waals surface area contributed by atoms with E-state index in [1.807, 2.05) is 6.08 Å². The van der Waals surface area contributed by atoms with Gasteiger partial charge in [-0.1, -0.05) is 26.3 Å². The molecule has 0 aromatic heterocycles. The summed E-state index contributed by atoms with van der Waals surface area (Å²) in [7, 11) is 1.40. The average molecular weight is 227 g/mol. The lowest BCUT2D eigenvalue weighted by Crippen LogP contribution is -2.28. The lowest BCUT2D eigenvalue weighted by molar-refractivity contribution is -0.136. The third-order valence-electron chi connectivity index (χ3n) is 2.83. The summed E-state index contributed by atoms with van der Waals surface area (Å²) in [6.45, 7) is 9.13. The zero-order valence-electron chi connectivity index (χ0n) is 11.2. The van der Waals surface area contributed by atoms with Gasteiger partial charge in [0, 0.05) is 18.2 Å². The number of nitrogens with one attached hydrogen (secondary N) is 1. The fraction of sp³-hybridized carbons (Fsp3) is 0.769. The fourth-order valence-corrected chi connectivity index (χ4v) is 1.51. The Morgan fingerprint density at radius 1 is 1.44 bits per heavy atom. The van der Waals surface area contributed by atoms with Gasteiger partial charge in [0.05, 0.1) is 7.11 Å². The van der Waals surface area contributed by atoms with Gasteiger partial charge in [-0.2, -0.15) is 0 Å². The third kappa shape index (κ3) is 6.62. The first-order valence-electron chi connectivity index (χ1n) is 5.99. The second-order valence-corrected chi connectivity index (χ2v) is 4.44. The summed E-state index contributed by atoms with van der Waals surface area (Å²) < 4.78 is 4.62. The van der Waals surface area contributed by atoms with Gasteiger partial charge in [0.2, 0.25) is 0 Å². The fourth-order valence-electron chi connectivity index (χ4n) is 1.51. The topological polar surface area (TPSA) is 38.3 Å². The van der Waals surface area contributed by atoms with E-state index in [1.165, 1.54) is 20.0 Å². The SMILES string of the molecule is CCC(C)CC(C)NC/C=C(/C)C(=O)OC. The second-order valence-electron chi connectivity index (χ2n) is 4.44. The molecule has 94 valence electrons. The van der Waals surface area contributed by atoms with Gasteiger partial charge in [0.15, 0.2) is 0 Å². The van der Waals surface area contributed by atoms with Crippen molar-refractivity contribution >= 4 is 5.97 Å². The van der Waals surface area contributed by atoms with Crippen molar-refractivity contribution < 1.29 is 9.53 Å². The van der Waals surface area contributed by atoms with Crippen LogP contribution in [0.5, 0.6) is 0 Å². The quantitative estimate of drug-likeness (QED) is 0.536. The maximum absolute atomic E-state index is 11.1. The number of rotatable bonds is 7. The molecule has 2 unspecified atom stereocenters. The van der Waals surface area contributed by atoms with Crippen molar-refractivity contribution in [2.45, 2.75) is 46.6 Å². The monoisotopic (exact) mass is 227 g/mol. The summed E-state index contributed by atoms with van der Waals surface area (Å²) in [6.07, 6.45) is 4.25. The smallest absolute Gasteiger partial charge is 0.333 e. The minimum absolute atomic E-state index is 0.253. The molecule has 0 aliphatic heterocycles. The highest BCUT2D eigenvalue weighted by Crippen LogP contribution is 2.09. The number of esters is 1. The van der Waals surface area contributed by atoms with Crippen molar-refractivity contribution in [2.75, 3.05) is 13.7 Å². The van der Waals surface area contributed by atoms with Crippen LogP contribution in [-0.2, 0) is 9.53 Å². The largest absolute Gasteiger partial charge is 0.466 e. The van der Waals surface area contributed by atoms with Crippen LogP contribution in [0, 0.1) is 5.92 Å². The van der Waals surface area contributed by atoms with Gasteiger partial charge in [-0.3, -0.25) is 0 Å². The molecule has 3 heteroatoms. The Morgan fingerprint density at radius 2 is 2.06 bits per heavy atom. The first-order chi connectivity index (χ1) is 7.51. The molecule has 0 radical (unpaired) electrons. The first-order valence-corrected chi connectivity index (χ1v) is 5.99. The van der Waals surface area contributed by atoms with Crippen molar-refractivity contribution in [2.24, 2.45) is 5.92 Å². The van der Waals surface area contributed by atoms with E-state index in [1.54, 1.807) is 6.92 Å². The Hall–Kier alpha value is -0.830. The maximum atomic E-state index is 11.1. The van der Waals surface area contributed by atoms with Gasteiger partial charge in [-0.25, -0.2) is 4.79 Å². The van der Waals surface area contributed by atoms with Gasteiger partial charge >= 0.3 is 5.97 Å². The van der Waals surface area contributed by atoms with Gasteiger partial charge in [0.25, 0.3) is 0 Å². The van der Waals surface area contributed by atoms with Crippen LogP contribution < -0.4 is 5.32 Å². The van der Waals surface area contributed by atoms with Crippen molar-refractivity contribution in [3.63, 3.8) is 0 Å². The Labute approximate surface area is 99.3 Å². The molecular formula is C13H25NO2. The molecule has 0 saturated heterocycles. The molecule has 16 heavy (non-hydrogen) atoms. The Morgan fingerprint density at radius 3 is 2.56 bits per heavy atom. The molecule has 0 aliphatic rings. The van der Waals surface area contributed by atoms with Gasteiger partial charge < -0.3 is 10.1 Å². The molecule has 3 nitrogen and oxygen atoms in total. The van der Waals surface area contributed by atoms with Gasteiger partial charge in [-0.15, -0.1) is 0 Å². The van der Waals surface area contributed by atoms with Crippen molar-refractivity contribution in [1.29, 1.82) is 0 Å². The van der Waals surface area contributed by atoms with Crippen LogP contribution in [0.1, 0.15) is 40.5 Å². The maximum Gasteiger partial charge on any atom is 0.333 e. The number of carbonyl (C=O) groups is 1. The van der Waals surface area contributed by atoms with E-state index in [0.29, 0.717) is 11.6 Å². The zero-order valence-corrected chi connectivity index (χ0v) is 11.2. The standard InChI is InChI=1S/C13H25NO2/c1-6-10(2)9-12(4)14-8-7-11(3)13(15)16-5/h7,10,12,14H,6,8-9H2,1-5H3/b11-7-. The van der Waals surface area contributed by atoms with Gasteiger partial charge in [0.1, 0.15) is 0 Å². The van der Waals surface area contributed by atoms with E-state index >= 15 is 0 Å². The van der Waals surface area contributed by atoms with E-state index in [2.05, 4.69) is 30.8 Å². The molecule has 0 bridgehead atoms. The van der Waals surface area contributed by atoms with Crippen LogP contribution in [0.4, 0.5) is 0 Å². The lowest BCUT2D eigenvalue weighted by atomic mass is 10.0. The highest BCUT2D eigenvalue weighted by atomic mass is 16.5. The molecule has 0 heterocycles. The molecular weight excluding hydrogens is 202 g/mol. The number of hydrogen-bond donors (Lipinski definition) is 1. The van der Waals surface area contributed by atoms with Gasteiger partial charge in [-0.05, 0) is 26.2 Å². The molecule has 0 amide bonds. The Bertz CT molecular complexity index is 236. The molecule has 0 rings (SSSR count). The molecule has 0 aromatic rings. The number of ether oxygens (including phenoxy) is 1. The highest BCUT2D eigenvalue weighted by Gasteiger charge is 2.06. The lowest BCUT2D eigenvalue weighted by Gasteiger charge is -2.16. The van der Waals surface area contributed by atoms with Crippen molar-refractivity contribution in [1.82, 2.24) is 5.32 Å². The third-order valence-corrected chi connectivity index (χ3v) is 2.83. The summed E-state index contributed by atoms with van der Waals surface area (Å²) in [5.41, 5.74) is 0.658. The summed E-state index contributed by atoms with van der Waals surface area (Å²) in [5.74, 6) is 0.490. The molecule has 0 saturated carbocycles. The molecule has 0 spiro atoms. The van der Waals surface area contributed by atoms with E-state index in [4.69, 9.17) is 0 Å². The molecule has 2 atom stereocenters. The normalized spacial score (nSPS) is 15.7. The summed E-state index contributed by atoms with van der Waals surface area (Å²) in [4.78, 5) is 11.1. The van der Waals surface area contributed by atoms with Crippen LogP contribution in [0.2, 0.25) is 0 Å². The minimum Gasteiger partial charge on any atom is -0.466 e. The van der Waals surface area contributed by atoms with E-state index < -0.39 is 0 Å². The molecule has 0 aromatic carbocycles. The van der Waals surface area contributed by atoms with E-state index in [-0.39, 0.29) is 5.97 Å². The van der Waals surface area contributed by atoms with Crippen LogP contribution in [-0.4, -0.2) is 25.7 Å². The van der Waals surface area contributed by atoms with Crippen LogP contribution in [0.15, 0.2) is 11.6 Å². The van der Waals surface area contributed by atoms with E-state index in [0.717, 1.165) is 12.5 Å². The van der Waals surface area contributed by atoms with Crippen LogP contribution in [0.3, 0.4) is 0 Å². The molecule has 0 fully saturated rings. The highest BCUT2D eigenvalue weighted by molar-refractivity contribution is 5.87. The second kappa shape index (κ2) is 8.34. The summed E-state index contributed by atoms with van der Waals surface area (Å²) >= 11 is 0. The zero-order chi connectivity index (χ0) is 12.6. The Balaban J connectivity index is 3.84. The minimum atomic E-state index is -0.253. The molecule has 1 N–H and O–H groups in total. The number of carbonyl (C=O) groups excluding carboxylic acids is 1. The number of hydrogen-bond acceptors (Lipinski definition) is 3. The van der Waals surface area contributed by atoms with Crippen molar-refractivity contribution in [3.05, 3.63) is 11.6 Å². The summed E-state index contributed by atoms with van der Waals surface area (Å²) in [5, 5.41) is 3.37. The first kappa shape index (κ1) is 15.2. The predicted octanol–water partition coefficient (Wildman–Crippen LogP) is 2.52. The summed E-state index contributed by atoms with van der Waals surface area (Å²) in [6, 6.07) is 0.483. The Kier molecular flexibility index (Phi) is 7.90. The number of methoxy groups -OCH3 is 1. The van der Waals surface area contributed by atoms with E-state index in [9.17, 15) is 4.79 Å². The van der Waals surface area contributed by atoms with Crippen LogP contribution in [0.25, 0.3) is 0 Å². The average Bonchev–Trinajstić information content (AvgIpc) is 2.27. The predicted molar refractivity (Wildman–Crippen MR) is 67.3 cm³/mol.